The van der Waals surface area contributed by atoms with Gasteiger partial charge in [0.2, 0.25) is 5.96 Å². The molecule has 0 saturated carbocycles. The lowest BCUT2D eigenvalue weighted by molar-refractivity contribution is -0.135. The number of carbonyl (C=O) groups is 3. The quantitative estimate of drug-likeness (QED) is 0.127. The van der Waals surface area contributed by atoms with Crippen LogP contribution < -0.4 is 5.32 Å². The number of aromatic nitrogens is 5. The number of H-pyrrole nitrogens is 1. The molecule has 308 valence electrons. The van der Waals surface area contributed by atoms with Crippen LogP contribution in [0.2, 0.25) is 5.02 Å². The number of rotatable bonds is 11. The van der Waals surface area contributed by atoms with Gasteiger partial charge in [-0.15, -0.1) is 0 Å². The van der Waals surface area contributed by atoms with Crippen molar-refractivity contribution in [3.63, 3.8) is 0 Å². The molecule has 1 saturated heterocycles. The Balaban J connectivity index is 1.32. The molecule has 2 aliphatic rings. The SMILES string of the molecule is CC(C)(C)CC1(c2ccc(-c3cnn(C(F)F)c3)cc2)N=C(NC(=O)OCc2ccccc2)N(C(COC(=O)N2CC(F)(F)C2)c2ccc(Cl)c(-c3ncn[nH]3)c2)C1=O. The predicted octanol–water partition coefficient (Wildman–Crippen LogP) is 7.97. The zero-order chi connectivity index (χ0) is 42.1. The fraction of sp³-hybridized carbons (Fsp3) is 0.325. The third-order valence-corrected chi connectivity index (χ3v) is 9.96. The molecule has 3 aromatic carbocycles. The monoisotopic (exact) mass is 835 g/mol. The number of likely N-dealkylation sites (tertiary alicyclic amines) is 1. The summed E-state index contributed by atoms with van der Waals surface area (Å²) in [5.41, 5.74) is 0.396. The van der Waals surface area contributed by atoms with Gasteiger partial charge in [-0.3, -0.25) is 25.0 Å². The molecule has 1 fully saturated rings. The first-order chi connectivity index (χ1) is 28.0. The summed E-state index contributed by atoms with van der Waals surface area (Å²) in [7, 11) is 0. The van der Waals surface area contributed by atoms with Crippen molar-refractivity contribution in [1.82, 2.24) is 40.1 Å². The maximum Gasteiger partial charge on any atom is 0.414 e. The van der Waals surface area contributed by atoms with Crippen molar-refractivity contribution in [1.29, 1.82) is 0 Å². The van der Waals surface area contributed by atoms with Crippen molar-refractivity contribution in [2.75, 3.05) is 19.7 Å². The fourth-order valence-corrected chi connectivity index (χ4v) is 7.19. The molecule has 2 aliphatic heterocycles. The first-order valence-corrected chi connectivity index (χ1v) is 18.7. The average Bonchev–Trinajstić information content (AvgIpc) is 3.95. The van der Waals surface area contributed by atoms with Gasteiger partial charge in [0, 0.05) is 17.3 Å². The number of hydrogen-bond acceptors (Lipinski definition) is 9. The number of amides is 3. The summed E-state index contributed by atoms with van der Waals surface area (Å²) >= 11 is 6.59. The highest BCUT2D eigenvalue weighted by atomic mass is 35.5. The third-order valence-electron chi connectivity index (χ3n) is 9.63. The van der Waals surface area contributed by atoms with E-state index in [-0.39, 0.29) is 29.8 Å². The Kier molecular flexibility index (Phi) is 11.2. The number of nitrogens with one attached hydrogen (secondary N) is 2. The average molecular weight is 836 g/mol. The molecule has 0 spiro atoms. The van der Waals surface area contributed by atoms with Gasteiger partial charge in [-0.05, 0) is 46.2 Å². The van der Waals surface area contributed by atoms with E-state index in [1.165, 1.54) is 29.7 Å². The molecule has 5 aromatic rings. The summed E-state index contributed by atoms with van der Waals surface area (Å²) < 4.78 is 65.9. The van der Waals surface area contributed by atoms with Crippen molar-refractivity contribution in [2.24, 2.45) is 10.4 Å². The Morgan fingerprint density at radius 1 is 1.00 bits per heavy atom. The van der Waals surface area contributed by atoms with E-state index in [1.54, 1.807) is 60.7 Å². The summed E-state index contributed by atoms with van der Waals surface area (Å²) in [6.07, 6.45) is 1.85. The highest BCUT2D eigenvalue weighted by Crippen LogP contribution is 2.46. The van der Waals surface area contributed by atoms with E-state index >= 15 is 4.79 Å². The van der Waals surface area contributed by atoms with Gasteiger partial charge in [0.05, 0.1) is 30.4 Å². The maximum atomic E-state index is 15.5. The number of alkyl halides is 4. The number of ether oxygens (including phenoxy) is 2. The number of nitrogens with zero attached hydrogens (tertiary/aromatic N) is 7. The minimum atomic E-state index is -3.07. The van der Waals surface area contributed by atoms with Crippen molar-refractivity contribution >= 4 is 35.7 Å². The van der Waals surface area contributed by atoms with E-state index in [2.05, 4.69) is 25.6 Å². The summed E-state index contributed by atoms with van der Waals surface area (Å²) in [6, 6.07) is 18.9. The number of guanidine groups is 1. The van der Waals surface area contributed by atoms with Crippen LogP contribution in [0.4, 0.5) is 27.2 Å². The summed E-state index contributed by atoms with van der Waals surface area (Å²) in [5, 5.41) is 13.3. The molecule has 3 amide bonds. The van der Waals surface area contributed by atoms with Crippen LogP contribution in [-0.4, -0.2) is 84.4 Å². The minimum absolute atomic E-state index is 0.0849. The standard InChI is InChI=1S/C40H38ClF4N9O5/c1-38(2,3)20-40(28-12-9-25(10-13-28)27-16-48-53(17-27)34(42)43)33(55)54(35(50-40)49-36(56)58-18-24-7-5-4-6-8-24)31(19-59-37(57)52-21-39(44,45)22-52)26-11-14-30(41)29(15-26)32-46-23-47-51-32/h4-17,23,31,34H,18-22H2,1-3H3,(H,46,47,51)(H,49,50,56). The van der Waals surface area contributed by atoms with Crippen molar-refractivity contribution in [3.05, 3.63) is 113 Å². The Morgan fingerprint density at radius 2 is 1.73 bits per heavy atom. The van der Waals surface area contributed by atoms with Gasteiger partial charge in [0.1, 0.15) is 19.5 Å². The van der Waals surface area contributed by atoms with Gasteiger partial charge in [-0.2, -0.15) is 19.0 Å². The molecule has 7 rings (SSSR count). The van der Waals surface area contributed by atoms with Crippen LogP contribution in [0.15, 0.2) is 96.5 Å². The normalized spacial score (nSPS) is 18.1. The Labute approximate surface area is 340 Å². The van der Waals surface area contributed by atoms with E-state index in [0.717, 1.165) is 4.90 Å². The molecule has 4 heterocycles. The molecule has 2 unspecified atom stereocenters. The van der Waals surface area contributed by atoms with Crippen LogP contribution >= 0.6 is 11.6 Å². The van der Waals surface area contributed by atoms with E-state index in [0.29, 0.717) is 38.1 Å². The molecule has 2 aromatic heterocycles. The van der Waals surface area contributed by atoms with E-state index in [1.807, 2.05) is 26.8 Å². The fourth-order valence-electron chi connectivity index (χ4n) is 6.98. The van der Waals surface area contributed by atoms with Crippen molar-refractivity contribution < 1.29 is 41.4 Å². The second kappa shape index (κ2) is 16.2. The zero-order valence-corrected chi connectivity index (χ0v) is 32.7. The van der Waals surface area contributed by atoms with Gasteiger partial charge in [-0.25, -0.2) is 33.0 Å². The van der Waals surface area contributed by atoms with Gasteiger partial charge in [0.15, 0.2) is 11.4 Å². The number of aromatic amines is 1. The first-order valence-electron chi connectivity index (χ1n) is 18.3. The molecular formula is C40H38ClF4N9O5. The zero-order valence-electron chi connectivity index (χ0n) is 31.9. The second-order valence-corrected chi connectivity index (χ2v) is 15.7. The number of benzene rings is 3. The first kappa shape index (κ1) is 40.9. The smallest absolute Gasteiger partial charge is 0.414 e. The second-order valence-electron chi connectivity index (χ2n) is 15.3. The maximum absolute atomic E-state index is 15.5. The molecule has 59 heavy (non-hydrogen) atoms. The molecule has 19 heteroatoms. The van der Waals surface area contributed by atoms with Crippen molar-refractivity contribution in [2.45, 2.75) is 57.9 Å². The van der Waals surface area contributed by atoms with Crippen molar-refractivity contribution in [3.8, 4) is 22.5 Å². The summed E-state index contributed by atoms with van der Waals surface area (Å²) in [4.78, 5) is 53.3. The highest BCUT2D eigenvalue weighted by molar-refractivity contribution is 6.33. The molecular weight excluding hydrogens is 798 g/mol. The molecule has 2 atom stereocenters. The Bertz CT molecular complexity index is 2350. The predicted molar refractivity (Wildman–Crippen MR) is 206 cm³/mol. The summed E-state index contributed by atoms with van der Waals surface area (Å²) in [6.45, 7) is 0.479. The van der Waals surface area contributed by atoms with Crippen LogP contribution in [0, 0.1) is 5.41 Å². The van der Waals surface area contributed by atoms with Crippen LogP contribution in [0.5, 0.6) is 0 Å². The van der Waals surface area contributed by atoms with Crippen LogP contribution in [0.25, 0.3) is 22.5 Å². The van der Waals surface area contributed by atoms with E-state index in [9.17, 15) is 27.2 Å². The molecule has 2 N–H and O–H groups in total. The van der Waals surface area contributed by atoms with E-state index < -0.39 is 67.3 Å². The number of alkyl carbamates (subject to hydrolysis) is 1. The lowest BCUT2D eigenvalue weighted by Crippen LogP contribution is -2.58. The largest absolute Gasteiger partial charge is 0.447 e. The minimum Gasteiger partial charge on any atom is -0.447 e. The van der Waals surface area contributed by atoms with E-state index in [4.69, 9.17) is 26.1 Å². The van der Waals surface area contributed by atoms with Gasteiger partial charge in [-0.1, -0.05) is 93.0 Å². The molecule has 0 radical (unpaired) electrons. The van der Waals surface area contributed by atoms with Crippen LogP contribution in [0.1, 0.15) is 56.5 Å². The van der Waals surface area contributed by atoms with Crippen LogP contribution in [-0.2, 0) is 26.4 Å². The summed E-state index contributed by atoms with van der Waals surface area (Å²) in [5.74, 6) is -3.69. The van der Waals surface area contributed by atoms with Gasteiger partial charge in [0.25, 0.3) is 11.8 Å². The number of hydrogen-bond donors (Lipinski definition) is 2. The van der Waals surface area contributed by atoms with Gasteiger partial charge < -0.3 is 9.47 Å². The number of carbonyl (C=O) groups excluding carboxylic acids is 3. The number of aliphatic imine (C=N–C) groups is 1. The van der Waals surface area contributed by atoms with Crippen LogP contribution in [0.3, 0.4) is 0 Å². The Hall–Kier alpha value is -6.30. The molecule has 0 bridgehead atoms. The lowest BCUT2D eigenvalue weighted by Gasteiger charge is -2.38. The molecule has 0 aliphatic carbocycles. The lowest BCUT2D eigenvalue weighted by atomic mass is 9.75. The Morgan fingerprint density at radius 3 is 2.36 bits per heavy atom. The molecule has 14 nitrogen and oxygen atoms in total. The highest BCUT2D eigenvalue weighted by Gasteiger charge is 2.54. The topological polar surface area (TPSA) is 160 Å². The van der Waals surface area contributed by atoms with Gasteiger partial charge >= 0.3 is 18.7 Å². The number of halogens is 5. The third kappa shape index (κ3) is 8.91.